The van der Waals surface area contributed by atoms with Gasteiger partial charge in [0.2, 0.25) is 0 Å². The Kier molecular flexibility index (Phi) is 3.51. The minimum absolute atomic E-state index is 0.249. The summed E-state index contributed by atoms with van der Waals surface area (Å²) in [7, 11) is 0. The van der Waals surface area contributed by atoms with E-state index in [1.54, 1.807) is 0 Å². The predicted molar refractivity (Wildman–Crippen MR) is 90.6 cm³/mol. The highest BCUT2D eigenvalue weighted by atomic mass is 16.3. The van der Waals surface area contributed by atoms with Crippen LogP contribution in [-0.4, -0.2) is 22.3 Å². The predicted octanol–water partition coefficient (Wildman–Crippen LogP) is 4.04. The molecule has 2 heteroatoms. The Morgan fingerprint density at radius 3 is 2.09 bits per heavy atom. The van der Waals surface area contributed by atoms with Crippen LogP contribution in [0.1, 0.15) is 71.6 Å². The molecule has 5 rings (SSSR count). The largest absolute Gasteiger partial charge is 0.389 e. The Labute approximate surface area is 135 Å². The van der Waals surface area contributed by atoms with Crippen molar-refractivity contribution >= 4 is 0 Å². The second-order valence-corrected chi connectivity index (χ2v) is 9.57. The zero-order valence-electron chi connectivity index (χ0n) is 14.4. The van der Waals surface area contributed by atoms with Gasteiger partial charge in [0.25, 0.3) is 0 Å². The molecule has 3 atom stereocenters. The number of aliphatic hydroxyl groups is 1. The molecule has 22 heavy (non-hydrogen) atoms. The third-order valence-corrected chi connectivity index (χ3v) is 7.49. The van der Waals surface area contributed by atoms with E-state index in [1.165, 1.54) is 44.1 Å². The maximum atomic E-state index is 10.9. The fraction of sp³-hybridized carbons (Fsp3) is 0.900. The smallest absolute Gasteiger partial charge is 0.0772 e. The van der Waals surface area contributed by atoms with E-state index >= 15 is 0 Å². The number of nitrogens with one attached hydrogen (secondary N) is 1. The molecule has 0 spiro atoms. The zero-order chi connectivity index (χ0) is 15.5. The first kappa shape index (κ1) is 15.2. The molecule has 0 aromatic rings. The first-order valence-electron chi connectivity index (χ1n) is 9.51. The molecule has 0 aromatic carbocycles. The molecule has 0 saturated heterocycles. The molecule has 5 saturated carbocycles. The van der Waals surface area contributed by atoms with Crippen molar-refractivity contribution in [3.63, 3.8) is 0 Å². The molecule has 0 aliphatic heterocycles. The van der Waals surface area contributed by atoms with Gasteiger partial charge in [0.15, 0.2) is 0 Å². The third kappa shape index (κ3) is 2.57. The van der Waals surface area contributed by atoms with Crippen LogP contribution in [0, 0.1) is 23.7 Å². The Morgan fingerprint density at radius 2 is 1.59 bits per heavy atom. The Morgan fingerprint density at radius 1 is 1.05 bits per heavy atom. The van der Waals surface area contributed by atoms with Crippen molar-refractivity contribution in [2.75, 3.05) is 0 Å². The van der Waals surface area contributed by atoms with E-state index in [0.717, 1.165) is 37.0 Å². The number of hydrogen-bond acceptors (Lipinski definition) is 2. The Hall–Kier alpha value is -0.340. The average molecular weight is 303 g/mol. The van der Waals surface area contributed by atoms with Gasteiger partial charge in [0, 0.05) is 11.6 Å². The van der Waals surface area contributed by atoms with Crippen molar-refractivity contribution in [3.05, 3.63) is 12.2 Å². The molecule has 3 unspecified atom stereocenters. The van der Waals surface area contributed by atoms with Crippen LogP contribution >= 0.6 is 0 Å². The molecule has 4 bridgehead atoms. The van der Waals surface area contributed by atoms with Gasteiger partial charge in [0.05, 0.1) is 5.60 Å². The summed E-state index contributed by atoms with van der Waals surface area (Å²) in [5.41, 5.74) is 1.10. The second-order valence-electron chi connectivity index (χ2n) is 9.57. The lowest BCUT2D eigenvalue weighted by Gasteiger charge is -2.59. The monoisotopic (exact) mass is 303 g/mol. The molecule has 0 heterocycles. The van der Waals surface area contributed by atoms with Gasteiger partial charge in [-0.3, -0.25) is 0 Å². The summed E-state index contributed by atoms with van der Waals surface area (Å²) in [6.07, 6.45) is 11.6. The van der Waals surface area contributed by atoms with Crippen LogP contribution in [0.15, 0.2) is 12.2 Å². The van der Waals surface area contributed by atoms with Crippen molar-refractivity contribution in [2.45, 2.75) is 88.8 Å². The lowest BCUT2D eigenvalue weighted by molar-refractivity contribution is -0.0712. The van der Waals surface area contributed by atoms with Crippen LogP contribution in [0.3, 0.4) is 0 Å². The van der Waals surface area contributed by atoms with E-state index in [2.05, 4.69) is 25.7 Å². The molecule has 0 aromatic heterocycles. The molecule has 0 radical (unpaired) electrons. The van der Waals surface area contributed by atoms with E-state index in [1.807, 2.05) is 0 Å². The van der Waals surface area contributed by atoms with Gasteiger partial charge >= 0.3 is 0 Å². The fourth-order valence-electron chi connectivity index (χ4n) is 6.62. The van der Waals surface area contributed by atoms with Crippen LogP contribution in [0.2, 0.25) is 0 Å². The van der Waals surface area contributed by atoms with Crippen molar-refractivity contribution in [1.82, 2.24) is 5.32 Å². The van der Waals surface area contributed by atoms with E-state index in [-0.39, 0.29) is 6.04 Å². The molecule has 0 amide bonds. The van der Waals surface area contributed by atoms with Crippen LogP contribution < -0.4 is 5.32 Å². The van der Waals surface area contributed by atoms with Gasteiger partial charge in [-0.1, -0.05) is 12.2 Å². The maximum absolute atomic E-state index is 10.9. The number of rotatable bonds is 3. The summed E-state index contributed by atoms with van der Waals surface area (Å²) < 4.78 is 0. The summed E-state index contributed by atoms with van der Waals surface area (Å²) in [5, 5.41) is 15.0. The van der Waals surface area contributed by atoms with E-state index in [9.17, 15) is 5.11 Å². The van der Waals surface area contributed by atoms with Gasteiger partial charge in [-0.2, -0.15) is 0 Å². The summed E-state index contributed by atoms with van der Waals surface area (Å²) >= 11 is 0. The fourth-order valence-corrected chi connectivity index (χ4v) is 6.62. The van der Waals surface area contributed by atoms with Crippen LogP contribution in [0.25, 0.3) is 0 Å². The molecule has 5 aliphatic rings. The summed E-state index contributed by atoms with van der Waals surface area (Å²) in [6.45, 7) is 8.39. The lowest BCUT2D eigenvalue weighted by atomic mass is 9.52. The topological polar surface area (TPSA) is 32.3 Å². The van der Waals surface area contributed by atoms with Gasteiger partial charge in [-0.15, -0.1) is 0 Å². The first-order chi connectivity index (χ1) is 10.4. The van der Waals surface area contributed by atoms with Gasteiger partial charge in [0.1, 0.15) is 0 Å². The minimum atomic E-state index is -0.546. The summed E-state index contributed by atoms with van der Waals surface area (Å²) in [6, 6.07) is 0.249. The molecule has 124 valence electrons. The molecular formula is C20H33NO. The molecule has 2 nitrogen and oxygen atoms in total. The number of allylic oxidation sites excluding steroid dienone is 1. The highest BCUT2D eigenvalue weighted by Gasteiger charge is 2.53. The van der Waals surface area contributed by atoms with Crippen molar-refractivity contribution in [3.8, 4) is 0 Å². The molecule has 5 fully saturated rings. The summed E-state index contributed by atoms with van der Waals surface area (Å²) in [5.74, 6) is 3.48. The standard InChI is InChI=1S/C20H33NO/c1-13(2)17-4-5-19(3,22)18(9-17)21-20-10-14-6-15(11-20)8-16(7-14)12-20/h14-18,21-22H,1,4-12H2,2-3H3. The zero-order valence-corrected chi connectivity index (χ0v) is 14.4. The Bertz CT molecular complexity index is 431. The van der Waals surface area contributed by atoms with Crippen LogP contribution in [0.4, 0.5) is 0 Å². The van der Waals surface area contributed by atoms with Gasteiger partial charge in [-0.25, -0.2) is 0 Å². The third-order valence-electron chi connectivity index (χ3n) is 7.49. The highest BCUT2D eigenvalue weighted by Crippen LogP contribution is 2.56. The van der Waals surface area contributed by atoms with Crippen LogP contribution in [0.5, 0.6) is 0 Å². The Balaban J connectivity index is 1.52. The number of hydrogen-bond donors (Lipinski definition) is 2. The quantitative estimate of drug-likeness (QED) is 0.771. The molecule has 2 N–H and O–H groups in total. The van der Waals surface area contributed by atoms with Crippen LogP contribution in [-0.2, 0) is 0 Å². The second kappa shape index (κ2) is 5.08. The first-order valence-corrected chi connectivity index (χ1v) is 9.51. The van der Waals surface area contributed by atoms with Crippen molar-refractivity contribution in [1.29, 1.82) is 0 Å². The van der Waals surface area contributed by atoms with Gasteiger partial charge < -0.3 is 10.4 Å². The average Bonchev–Trinajstić information content (AvgIpc) is 2.39. The van der Waals surface area contributed by atoms with E-state index in [4.69, 9.17) is 0 Å². The lowest BCUT2D eigenvalue weighted by Crippen LogP contribution is -2.65. The SMILES string of the molecule is C=C(C)C1CCC(C)(O)C(NC23CC4CC(CC(C4)C2)C3)C1. The summed E-state index contributed by atoms with van der Waals surface area (Å²) in [4.78, 5) is 0. The van der Waals surface area contributed by atoms with Crippen molar-refractivity contribution in [2.24, 2.45) is 23.7 Å². The molecular weight excluding hydrogens is 270 g/mol. The minimum Gasteiger partial charge on any atom is -0.389 e. The maximum Gasteiger partial charge on any atom is 0.0772 e. The normalized spacial score (nSPS) is 53.7. The molecule has 5 aliphatic carbocycles. The van der Waals surface area contributed by atoms with Crippen molar-refractivity contribution < 1.29 is 5.11 Å². The van der Waals surface area contributed by atoms with E-state index in [0.29, 0.717) is 11.5 Å². The van der Waals surface area contributed by atoms with E-state index < -0.39 is 5.60 Å². The highest BCUT2D eigenvalue weighted by molar-refractivity contribution is 5.11. The van der Waals surface area contributed by atoms with Gasteiger partial charge in [-0.05, 0) is 95.3 Å².